The maximum Gasteiger partial charge on any atom is 0.416 e. The van der Waals surface area contributed by atoms with Gasteiger partial charge in [-0.25, -0.2) is 31.5 Å². The zero-order valence-electron chi connectivity index (χ0n) is 20.2. The summed E-state index contributed by atoms with van der Waals surface area (Å²) >= 11 is 6.39. The SMILES string of the molecule is NS(=O)(=O)c1nn2c(-c3ccc(C(F)(F)F)cc3)c(-c3ccccc3Cl)cnc2c1C(=O)N[C@@H]1CCCS1(=O)=O. The zero-order chi connectivity index (χ0) is 29.0. The van der Waals surface area contributed by atoms with E-state index in [0.717, 1.165) is 28.8 Å². The van der Waals surface area contributed by atoms with Gasteiger partial charge in [-0.05, 0) is 31.0 Å². The van der Waals surface area contributed by atoms with Crippen molar-refractivity contribution in [2.45, 2.75) is 29.4 Å². The Bertz CT molecular complexity index is 1880. The van der Waals surface area contributed by atoms with Gasteiger partial charge in [-0.15, -0.1) is 0 Å². The third-order valence-corrected chi connectivity index (χ3v) is 9.61. The third-order valence-electron chi connectivity index (χ3n) is 6.38. The van der Waals surface area contributed by atoms with Gasteiger partial charge in [0, 0.05) is 27.9 Å². The van der Waals surface area contributed by atoms with Crippen LogP contribution in [0.4, 0.5) is 13.2 Å². The number of sulfonamides is 1. The number of rotatable bonds is 5. The Kier molecular flexibility index (Phi) is 6.89. The summed E-state index contributed by atoms with van der Waals surface area (Å²) in [6.07, 6.45) is -2.92. The van der Waals surface area contributed by atoms with Crippen molar-refractivity contribution in [3.8, 4) is 22.4 Å². The molecule has 3 heterocycles. The molecule has 1 saturated heterocycles. The fraction of sp³-hybridized carbons (Fsp3) is 0.208. The number of fused-ring (bicyclic) bond motifs is 1. The predicted molar refractivity (Wildman–Crippen MR) is 140 cm³/mol. The number of hydrogen-bond donors (Lipinski definition) is 2. The van der Waals surface area contributed by atoms with Crippen molar-refractivity contribution in [3.63, 3.8) is 0 Å². The van der Waals surface area contributed by atoms with Gasteiger partial charge in [-0.1, -0.05) is 41.9 Å². The molecule has 16 heteroatoms. The molecule has 0 radical (unpaired) electrons. The van der Waals surface area contributed by atoms with E-state index in [9.17, 15) is 34.8 Å². The molecule has 1 fully saturated rings. The molecule has 1 aliphatic heterocycles. The topological polar surface area (TPSA) is 154 Å². The van der Waals surface area contributed by atoms with Crippen LogP contribution < -0.4 is 10.5 Å². The summed E-state index contributed by atoms with van der Waals surface area (Å²) in [5.74, 6) is -1.24. The van der Waals surface area contributed by atoms with Gasteiger partial charge in [0.15, 0.2) is 15.5 Å². The van der Waals surface area contributed by atoms with Gasteiger partial charge in [0.05, 0.1) is 17.0 Å². The second-order valence-electron chi connectivity index (χ2n) is 9.01. The Hall–Kier alpha value is -3.53. The smallest absolute Gasteiger partial charge is 0.335 e. The summed E-state index contributed by atoms with van der Waals surface area (Å²) in [6.45, 7) is 0. The van der Waals surface area contributed by atoms with E-state index in [1.54, 1.807) is 24.3 Å². The number of carbonyl (C=O) groups excluding carboxylic acids is 1. The lowest BCUT2D eigenvalue weighted by molar-refractivity contribution is -0.137. The lowest BCUT2D eigenvalue weighted by Gasteiger charge is -2.15. The molecule has 1 atom stereocenters. The molecule has 3 N–H and O–H groups in total. The second kappa shape index (κ2) is 9.83. The normalized spacial score (nSPS) is 17.3. The molecule has 40 heavy (non-hydrogen) atoms. The summed E-state index contributed by atoms with van der Waals surface area (Å²) in [5, 5.41) is 9.86. The highest BCUT2D eigenvalue weighted by atomic mass is 35.5. The van der Waals surface area contributed by atoms with E-state index in [1.165, 1.54) is 6.20 Å². The molecular weight excluding hydrogens is 595 g/mol. The first kappa shape index (κ1) is 28.0. The summed E-state index contributed by atoms with van der Waals surface area (Å²) in [5.41, 5.74) is -0.986. The molecule has 0 aliphatic carbocycles. The monoisotopic (exact) mass is 613 g/mol. The van der Waals surface area contributed by atoms with Crippen LogP contribution in [0.1, 0.15) is 28.8 Å². The molecule has 2 aromatic carbocycles. The summed E-state index contributed by atoms with van der Waals surface area (Å²) in [6, 6.07) is 10.5. The van der Waals surface area contributed by atoms with E-state index in [1.807, 2.05) is 0 Å². The van der Waals surface area contributed by atoms with E-state index in [2.05, 4.69) is 15.4 Å². The van der Waals surface area contributed by atoms with Crippen molar-refractivity contribution in [1.82, 2.24) is 19.9 Å². The molecular formula is C24H19ClF3N5O5S2. The average Bonchev–Trinajstić information content (AvgIpc) is 3.43. The Morgan fingerprint density at radius 1 is 1.10 bits per heavy atom. The maximum atomic E-state index is 13.3. The number of nitrogens with zero attached hydrogens (tertiary/aromatic N) is 3. The molecule has 5 rings (SSSR count). The molecule has 4 aromatic rings. The lowest BCUT2D eigenvalue weighted by Crippen LogP contribution is -2.38. The highest BCUT2D eigenvalue weighted by molar-refractivity contribution is 7.92. The van der Waals surface area contributed by atoms with Gasteiger partial charge in [0.2, 0.25) is 5.03 Å². The number of halogens is 4. The minimum absolute atomic E-state index is 0.0595. The van der Waals surface area contributed by atoms with Gasteiger partial charge >= 0.3 is 6.18 Å². The molecule has 10 nitrogen and oxygen atoms in total. The summed E-state index contributed by atoms with van der Waals surface area (Å²) in [4.78, 5) is 17.5. The van der Waals surface area contributed by atoms with Crippen LogP contribution in [0.15, 0.2) is 59.8 Å². The number of sulfone groups is 1. The second-order valence-corrected chi connectivity index (χ2v) is 13.2. The standard InChI is InChI=1S/C24H19ClF3N5O5S2/c25-17-5-2-1-4-15(17)16-12-30-21-19(22(34)31-18-6-3-11-39(18,35)36)23(40(29,37)38)32-33(21)20(16)13-7-9-14(10-8-13)24(26,27)28/h1-2,4-5,7-10,12,18H,3,6,11H2,(H,31,34)(H2,29,37,38)/t18-/m0/s1. The number of aromatic nitrogens is 3. The first-order chi connectivity index (χ1) is 18.7. The minimum Gasteiger partial charge on any atom is -0.335 e. The predicted octanol–water partition coefficient (Wildman–Crippen LogP) is 3.65. The quantitative estimate of drug-likeness (QED) is 0.348. The molecule has 1 aliphatic rings. The van der Waals surface area contributed by atoms with Gasteiger partial charge in [0.25, 0.3) is 15.9 Å². The molecule has 2 aromatic heterocycles. The first-order valence-corrected chi connectivity index (χ1v) is 15.2. The van der Waals surface area contributed by atoms with Crippen LogP contribution in [-0.4, -0.2) is 48.5 Å². The van der Waals surface area contributed by atoms with Crippen LogP contribution in [0.2, 0.25) is 5.02 Å². The van der Waals surface area contributed by atoms with Crippen molar-refractivity contribution in [1.29, 1.82) is 0 Å². The van der Waals surface area contributed by atoms with Crippen LogP contribution in [0, 0.1) is 0 Å². The highest BCUT2D eigenvalue weighted by Gasteiger charge is 2.36. The van der Waals surface area contributed by atoms with Crippen molar-refractivity contribution in [2.75, 3.05) is 5.75 Å². The number of alkyl halides is 3. The Morgan fingerprint density at radius 3 is 2.35 bits per heavy atom. The van der Waals surface area contributed by atoms with E-state index in [4.69, 9.17) is 16.7 Å². The van der Waals surface area contributed by atoms with Crippen LogP contribution in [0.25, 0.3) is 28.0 Å². The number of primary sulfonamides is 1. The van der Waals surface area contributed by atoms with Crippen molar-refractivity contribution >= 4 is 43.0 Å². The van der Waals surface area contributed by atoms with E-state index >= 15 is 0 Å². The molecule has 0 saturated carbocycles. The number of nitrogens with two attached hydrogens (primary N) is 1. The molecule has 0 bridgehead atoms. The highest BCUT2D eigenvalue weighted by Crippen LogP contribution is 2.38. The zero-order valence-corrected chi connectivity index (χ0v) is 22.6. The first-order valence-electron chi connectivity index (χ1n) is 11.6. The Morgan fingerprint density at radius 2 is 1.77 bits per heavy atom. The number of benzene rings is 2. The van der Waals surface area contributed by atoms with Crippen molar-refractivity contribution in [3.05, 3.63) is 70.9 Å². The molecule has 0 spiro atoms. The summed E-state index contributed by atoms with van der Waals surface area (Å²) in [7, 11) is -8.33. The van der Waals surface area contributed by atoms with Crippen LogP contribution in [0.3, 0.4) is 0 Å². The number of nitrogens with one attached hydrogen (secondary N) is 1. The van der Waals surface area contributed by atoms with Crippen LogP contribution in [0.5, 0.6) is 0 Å². The maximum absolute atomic E-state index is 13.3. The van der Waals surface area contributed by atoms with E-state index < -0.39 is 53.5 Å². The van der Waals surface area contributed by atoms with Crippen LogP contribution in [-0.2, 0) is 26.0 Å². The molecule has 210 valence electrons. The third kappa shape index (κ3) is 5.05. The van der Waals surface area contributed by atoms with Crippen molar-refractivity contribution < 1.29 is 34.8 Å². The molecule has 0 unspecified atom stereocenters. The van der Waals surface area contributed by atoms with Gasteiger partial charge in [-0.3, -0.25) is 4.79 Å². The fourth-order valence-corrected chi connectivity index (χ4v) is 7.07. The fourth-order valence-electron chi connectivity index (χ4n) is 4.51. The number of amides is 1. The van der Waals surface area contributed by atoms with Gasteiger partial charge in [0.1, 0.15) is 10.9 Å². The Balaban J connectivity index is 1.80. The molecule has 1 amide bonds. The number of carbonyl (C=O) groups is 1. The summed E-state index contributed by atoms with van der Waals surface area (Å²) < 4.78 is 90.4. The minimum atomic E-state index is -4.67. The lowest BCUT2D eigenvalue weighted by atomic mass is 9.99. The Labute approximate surface area is 230 Å². The van der Waals surface area contributed by atoms with Crippen molar-refractivity contribution in [2.24, 2.45) is 5.14 Å². The van der Waals surface area contributed by atoms with Gasteiger partial charge < -0.3 is 5.32 Å². The van der Waals surface area contributed by atoms with Crippen LogP contribution >= 0.6 is 11.6 Å². The van der Waals surface area contributed by atoms with E-state index in [-0.39, 0.29) is 39.7 Å². The van der Waals surface area contributed by atoms with Gasteiger partial charge in [-0.2, -0.15) is 18.3 Å². The average molecular weight is 614 g/mol. The van der Waals surface area contributed by atoms with E-state index in [0.29, 0.717) is 12.0 Å². The largest absolute Gasteiger partial charge is 0.416 e. The number of hydrogen-bond acceptors (Lipinski definition) is 7.